The average Bonchev–Trinajstić information content (AvgIpc) is 2.84. The first-order valence-corrected chi connectivity index (χ1v) is 8.88. The fourth-order valence-electron chi connectivity index (χ4n) is 3.18. The summed E-state index contributed by atoms with van der Waals surface area (Å²) in [6.07, 6.45) is 3.61. The number of allylic oxidation sites excluding steroid dienone is 2. The molecule has 1 aliphatic heterocycles. The normalized spacial score (nSPS) is 35.6. The van der Waals surface area contributed by atoms with Crippen molar-refractivity contribution >= 4 is 11.9 Å². The van der Waals surface area contributed by atoms with Crippen LogP contribution >= 0.6 is 0 Å². The van der Waals surface area contributed by atoms with Gasteiger partial charge in [0.2, 0.25) is 0 Å². The third-order valence-corrected chi connectivity index (χ3v) is 5.10. The number of carbonyl (C=O) groups is 2. The largest absolute Gasteiger partial charge is 0.455 e. The first-order chi connectivity index (χ1) is 11.8. The van der Waals surface area contributed by atoms with Crippen LogP contribution in [0.4, 0.5) is 0 Å². The second-order valence-electron chi connectivity index (χ2n) is 7.08. The van der Waals surface area contributed by atoms with Crippen LogP contribution in [0.5, 0.6) is 0 Å². The minimum Gasteiger partial charge on any atom is -0.455 e. The monoisotopic (exact) mass is 348 g/mol. The summed E-state index contributed by atoms with van der Waals surface area (Å²) in [6, 6.07) is 0. The topological polar surface area (TPSA) is 72.8 Å². The Morgan fingerprint density at radius 2 is 2.16 bits per heavy atom. The number of aliphatic hydroxyl groups is 1. The summed E-state index contributed by atoms with van der Waals surface area (Å²) >= 11 is 0. The lowest BCUT2D eigenvalue weighted by Crippen LogP contribution is -2.42. The number of rotatable bonds is 3. The van der Waals surface area contributed by atoms with E-state index in [2.05, 4.69) is 6.58 Å². The predicted molar refractivity (Wildman–Crippen MR) is 94.6 cm³/mol. The van der Waals surface area contributed by atoms with Gasteiger partial charge < -0.3 is 14.6 Å². The minimum absolute atomic E-state index is 0.222. The van der Waals surface area contributed by atoms with Crippen LogP contribution in [0.1, 0.15) is 47.0 Å². The number of fused-ring (bicyclic) bond motifs is 1. The SMILES string of the molecule is C=C1C(=O)O[C@H]2/C=C(\C)CC/C=C(\C)[C@@H](OC(=O)[C@H](C)CC)[C@H](O)[C@H]12. The maximum Gasteiger partial charge on any atom is 0.334 e. The maximum atomic E-state index is 12.3. The zero-order valence-electron chi connectivity index (χ0n) is 15.5. The summed E-state index contributed by atoms with van der Waals surface area (Å²) in [5, 5.41) is 11.0. The van der Waals surface area contributed by atoms with Crippen LogP contribution in [0.25, 0.3) is 0 Å². The van der Waals surface area contributed by atoms with E-state index < -0.39 is 30.2 Å². The molecule has 0 amide bonds. The molecular formula is C20H28O5. The molecule has 1 saturated heterocycles. The van der Waals surface area contributed by atoms with Crippen LogP contribution in [-0.2, 0) is 19.1 Å². The van der Waals surface area contributed by atoms with Crippen LogP contribution in [0.15, 0.2) is 35.5 Å². The summed E-state index contributed by atoms with van der Waals surface area (Å²) in [6.45, 7) is 11.3. The Morgan fingerprint density at radius 1 is 1.48 bits per heavy atom. The molecule has 1 aliphatic carbocycles. The fourth-order valence-corrected chi connectivity index (χ4v) is 3.18. The second-order valence-corrected chi connectivity index (χ2v) is 7.08. The van der Waals surface area contributed by atoms with Crippen LogP contribution in [0, 0.1) is 11.8 Å². The first kappa shape index (κ1) is 19.4. The highest BCUT2D eigenvalue weighted by molar-refractivity contribution is 5.91. The first-order valence-electron chi connectivity index (χ1n) is 8.88. The highest BCUT2D eigenvalue weighted by Crippen LogP contribution is 2.35. The fraction of sp³-hybridized carbons (Fsp3) is 0.600. The summed E-state index contributed by atoms with van der Waals surface area (Å²) in [5.74, 6) is -1.74. The van der Waals surface area contributed by atoms with Crippen molar-refractivity contribution in [2.75, 3.05) is 0 Å². The molecule has 1 fully saturated rings. The number of aliphatic hydroxyl groups excluding tert-OH is 1. The summed E-state index contributed by atoms with van der Waals surface area (Å²) in [5.41, 5.74) is 2.09. The average molecular weight is 348 g/mol. The van der Waals surface area contributed by atoms with Crippen LogP contribution in [0.3, 0.4) is 0 Å². The van der Waals surface area contributed by atoms with Gasteiger partial charge in [-0.15, -0.1) is 0 Å². The van der Waals surface area contributed by atoms with Gasteiger partial charge in [0.25, 0.3) is 0 Å². The summed E-state index contributed by atoms with van der Waals surface area (Å²) in [7, 11) is 0. The Balaban J connectivity index is 2.37. The maximum absolute atomic E-state index is 12.3. The number of esters is 2. The number of hydrogen-bond donors (Lipinski definition) is 1. The van der Waals surface area contributed by atoms with Gasteiger partial charge in [-0.2, -0.15) is 0 Å². The van der Waals surface area contributed by atoms with Crippen molar-refractivity contribution in [3.63, 3.8) is 0 Å². The number of carbonyl (C=O) groups excluding carboxylic acids is 2. The molecular weight excluding hydrogens is 320 g/mol. The van der Waals surface area contributed by atoms with Crippen molar-refractivity contribution in [3.8, 4) is 0 Å². The zero-order chi connectivity index (χ0) is 18.7. The minimum atomic E-state index is -1.09. The number of ether oxygens (including phenoxy) is 2. The molecule has 0 saturated carbocycles. The molecule has 0 radical (unpaired) electrons. The van der Waals surface area contributed by atoms with Crippen molar-refractivity contribution in [2.45, 2.75) is 65.3 Å². The molecule has 2 aliphatic rings. The Labute approximate surface area is 149 Å². The smallest absolute Gasteiger partial charge is 0.334 e. The molecule has 0 aromatic carbocycles. The molecule has 0 aromatic rings. The van der Waals surface area contributed by atoms with Gasteiger partial charge in [-0.05, 0) is 44.8 Å². The molecule has 0 spiro atoms. The zero-order valence-corrected chi connectivity index (χ0v) is 15.5. The van der Waals surface area contributed by atoms with Gasteiger partial charge in [0.05, 0.1) is 11.8 Å². The van der Waals surface area contributed by atoms with Gasteiger partial charge >= 0.3 is 11.9 Å². The van der Waals surface area contributed by atoms with Crippen LogP contribution < -0.4 is 0 Å². The van der Waals surface area contributed by atoms with E-state index in [9.17, 15) is 14.7 Å². The van der Waals surface area contributed by atoms with E-state index in [1.807, 2.05) is 32.9 Å². The Kier molecular flexibility index (Phi) is 6.22. The number of hydrogen-bond acceptors (Lipinski definition) is 5. The molecule has 1 N–H and O–H groups in total. The Bertz CT molecular complexity index is 616. The molecule has 5 nitrogen and oxygen atoms in total. The Hall–Kier alpha value is -1.88. The molecule has 0 bridgehead atoms. The van der Waals surface area contributed by atoms with Crippen molar-refractivity contribution in [1.29, 1.82) is 0 Å². The lowest BCUT2D eigenvalue weighted by molar-refractivity contribution is -0.159. The van der Waals surface area contributed by atoms with Gasteiger partial charge in [-0.3, -0.25) is 4.79 Å². The summed E-state index contributed by atoms with van der Waals surface area (Å²) < 4.78 is 11.0. The predicted octanol–water partition coefficient (Wildman–Crippen LogP) is 3.09. The quantitative estimate of drug-likeness (QED) is 0.482. The molecule has 1 heterocycles. The molecule has 2 rings (SSSR count). The van der Waals surface area contributed by atoms with Crippen molar-refractivity contribution < 1.29 is 24.2 Å². The third-order valence-electron chi connectivity index (χ3n) is 5.10. The van der Waals surface area contributed by atoms with Gasteiger partial charge in [-0.25, -0.2) is 4.79 Å². The lowest BCUT2D eigenvalue weighted by Gasteiger charge is -2.31. The van der Waals surface area contributed by atoms with E-state index in [1.165, 1.54) is 0 Å². The molecule has 5 heteroatoms. The van der Waals surface area contributed by atoms with Gasteiger partial charge in [-0.1, -0.05) is 32.1 Å². The van der Waals surface area contributed by atoms with Crippen LogP contribution in [0.2, 0.25) is 0 Å². The molecule has 5 atom stereocenters. The van der Waals surface area contributed by atoms with Gasteiger partial charge in [0, 0.05) is 5.57 Å². The lowest BCUT2D eigenvalue weighted by atomic mass is 9.84. The molecule has 138 valence electrons. The highest BCUT2D eigenvalue weighted by Gasteiger charge is 2.46. The Morgan fingerprint density at radius 3 is 2.80 bits per heavy atom. The van der Waals surface area contributed by atoms with E-state index in [0.29, 0.717) is 6.42 Å². The van der Waals surface area contributed by atoms with Gasteiger partial charge in [0.1, 0.15) is 18.3 Å². The molecule has 0 aromatic heterocycles. The van der Waals surface area contributed by atoms with Gasteiger partial charge in [0.15, 0.2) is 0 Å². The van der Waals surface area contributed by atoms with E-state index in [-0.39, 0.29) is 17.5 Å². The molecule has 0 unspecified atom stereocenters. The van der Waals surface area contributed by atoms with Crippen molar-refractivity contribution in [2.24, 2.45) is 11.8 Å². The van der Waals surface area contributed by atoms with Crippen LogP contribution in [-0.4, -0.2) is 35.4 Å². The molecule has 25 heavy (non-hydrogen) atoms. The van der Waals surface area contributed by atoms with E-state index >= 15 is 0 Å². The van der Waals surface area contributed by atoms with Crippen molar-refractivity contribution in [1.82, 2.24) is 0 Å². The van der Waals surface area contributed by atoms with Crippen molar-refractivity contribution in [3.05, 3.63) is 35.5 Å². The van der Waals surface area contributed by atoms with E-state index in [1.54, 1.807) is 6.92 Å². The standard InChI is InChI=1S/C20H28O5/c1-6-12(3)19(22)25-18-13(4)9-7-8-11(2)10-15-16(17(18)21)14(5)20(23)24-15/h9-10,12,15-18,21H,5-8H2,1-4H3/b11-10+,13-9+/t12-,15+,16-,17-,18-/m1/s1. The summed E-state index contributed by atoms with van der Waals surface area (Å²) in [4.78, 5) is 24.3. The third kappa shape index (κ3) is 4.21. The van der Waals surface area contributed by atoms with E-state index in [0.717, 1.165) is 24.0 Å². The highest BCUT2D eigenvalue weighted by atomic mass is 16.6. The second kappa shape index (κ2) is 8.00. The van der Waals surface area contributed by atoms with E-state index in [4.69, 9.17) is 9.47 Å².